The number of nitriles is 1. The minimum atomic E-state index is -0.579. The number of piperidine rings is 1. The summed E-state index contributed by atoms with van der Waals surface area (Å²) in [6, 6.07) is 7.19. The Kier molecular flexibility index (Phi) is 5.44. The number of hydrogen-bond acceptors (Lipinski definition) is 3. The first kappa shape index (κ1) is 17.9. The average molecular weight is 355 g/mol. The maximum atomic E-state index is 12.3. The molecule has 2 unspecified atom stereocenters. The van der Waals surface area contributed by atoms with Crippen molar-refractivity contribution < 1.29 is 9.53 Å². The number of halogens is 2. The third-order valence-electron chi connectivity index (χ3n) is 3.80. The standard InChI is InChI=1S/C17H20Cl2N2O2/c1-17(2,3)23-16(22)21-8-7-11(9-12(21)10-20)13-5-4-6-14(18)15(13)19/h4-6,11-12H,7-9H2,1-3H3. The first-order valence-electron chi connectivity index (χ1n) is 7.56. The van der Waals surface area contributed by atoms with E-state index in [1.165, 1.54) is 4.90 Å². The summed E-state index contributed by atoms with van der Waals surface area (Å²) in [6.07, 6.45) is 0.799. The monoisotopic (exact) mass is 354 g/mol. The Morgan fingerprint density at radius 1 is 1.39 bits per heavy atom. The van der Waals surface area contributed by atoms with Crippen molar-refractivity contribution in [1.82, 2.24) is 4.90 Å². The van der Waals surface area contributed by atoms with Crippen LogP contribution < -0.4 is 0 Å². The van der Waals surface area contributed by atoms with E-state index in [9.17, 15) is 10.1 Å². The predicted octanol–water partition coefficient (Wildman–Crippen LogP) is 5.00. The summed E-state index contributed by atoms with van der Waals surface area (Å²) in [7, 11) is 0. The van der Waals surface area contributed by atoms with Crippen LogP contribution in [-0.4, -0.2) is 29.2 Å². The molecule has 0 spiro atoms. The second-order valence-electron chi connectivity index (χ2n) is 6.68. The van der Waals surface area contributed by atoms with E-state index < -0.39 is 17.7 Å². The van der Waals surface area contributed by atoms with Crippen molar-refractivity contribution >= 4 is 29.3 Å². The highest BCUT2D eigenvalue weighted by molar-refractivity contribution is 6.42. The van der Waals surface area contributed by atoms with Gasteiger partial charge in [-0.05, 0) is 51.2 Å². The quantitative estimate of drug-likeness (QED) is 0.712. The number of amides is 1. The first-order valence-corrected chi connectivity index (χ1v) is 8.31. The van der Waals surface area contributed by atoms with Gasteiger partial charge >= 0.3 is 6.09 Å². The molecule has 6 heteroatoms. The topological polar surface area (TPSA) is 53.3 Å². The third-order valence-corrected chi connectivity index (χ3v) is 4.63. The minimum Gasteiger partial charge on any atom is -0.444 e. The van der Waals surface area contributed by atoms with Crippen LogP contribution in [0.5, 0.6) is 0 Å². The van der Waals surface area contributed by atoms with Crippen molar-refractivity contribution in [3.8, 4) is 6.07 Å². The Morgan fingerprint density at radius 2 is 2.09 bits per heavy atom. The van der Waals surface area contributed by atoms with Gasteiger partial charge in [0.15, 0.2) is 0 Å². The second-order valence-corrected chi connectivity index (χ2v) is 7.47. The van der Waals surface area contributed by atoms with Crippen LogP contribution in [0.4, 0.5) is 4.79 Å². The van der Waals surface area contributed by atoms with Gasteiger partial charge in [-0.25, -0.2) is 4.79 Å². The van der Waals surface area contributed by atoms with Crippen LogP contribution in [0.2, 0.25) is 10.0 Å². The third kappa shape index (κ3) is 4.31. The summed E-state index contributed by atoms with van der Waals surface area (Å²) in [6.45, 7) is 5.89. The molecule has 23 heavy (non-hydrogen) atoms. The Labute approximate surface area is 146 Å². The lowest BCUT2D eigenvalue weighted by Crippen LogP contribution is -2.47. The fourth-order valence-electron chi connectivity index (χ4n) is 2.75. The number of nitrogens with zero attached hydrogens (tertiary/aromatic N) is 2. The predicted molar refractivity (Wildman–Crippen MR) is 90.8 cm³/mol. The lowest BCUT2D eigenvalue weighted by Gasteiger charge is -2.37. The molecule has 0 N–H and O–H groups in total. The molecule has 1 aromatic carbocycles. The van der Waals surface area contributed by atoms with Gasteiger partial charge in [0, 0.05) is 6.54 Å². The zero-order valence-corrected chi connectivity index (χ0v) is 15.0. The van der Waals surface area contributed by atoms with Crippen LogP contribution in [0.25, 0.3) is 0 Å². The highest BCUT2D eigenvalue weighted by atomic mass is 35.5. The molecule has 2 rings (SSSR count). The number of benzene rings is 1. The molecule has 0 bridgehead atoms. The Morgan fingerprint density at radius 3 is 2.70 bits per heavy atom. The summed E-state index contributed by atoms with van der Waals surface area (Å²) in [4.78, 5) is 13.8. The number of carbonyl (C=O) groups excluding carboxylic acids is 1. The molecule has 0 radical (unpaired) electrons. The van der Waals surface area contributed by atoms with Gasteiger partial charge in [0.1, 0.15) is 11.6 Å². The molecule has 1 aromatic rings. The van der Waals surface area contributed by atoms with E-state index in [0.29, 0.717) is 23.0 Å². The van der Waals surface area contributed by atoms with Gasteiger partial charge in [-0.15, -0.1) is 0 Å². The van der Waals surface area contributed by atoms with Crippen LogP contribution in [0.15, 0.2) is 18.2 Å². The molecule has 1 aliphatic rings. The average Bonchev–Trinajstić information content (AvgIpc) is 2.47. The van der Waals surface area contributed by atoms with Crippen LogP contribution >= 0.6 is 23.2 Å². The molecule has 2 atom stereocenters. The van der Waals surface area contributed by atoms with Gasteiger partial charge in [0.05, 0.1) is 16.1 Å². The van der Waals surface area contributed by atoms with E-state index in [4.69, 9.17) is 27.9 Å². The molecule has 0 aromatic heterocycles. The SMILES string of the molecule is CC(C)(C)OC(=O)N1CCC(c2cccc(Cl)c2Cl)CC1C#N. The van der Waals surface area contributed by atoms with Crippen molar-refractivity contribution in [2.24, 2.45) is 0 Å². The van der Waals surface area contributed by atoms with E-state index >= 15 is 0 Å². The smallest absolute Gasteiger partial charge is 0.411 e. The van der Waals surface area contributed by atoms with E-state index in [1.54, 1.807) is 6.07 Å². The van der Waals surface area contributed by atoms with Gasteiger partial charge in [0.25, 0.3) is 0 Å². The van der Waals surface area contributed by atoms with Crippen molar-refractivity contribution in [1.29, 1.82) is 5.26 Å². The van der Waals surface area contributed by atoms with Gasteiger partial charge in [-0.3, -0.25) is 4.90 Å². The van der Waals surface area contributed by atoms with E-state index in [-0.39, 0.29) is 5.92 Å². The summed E-state index contributed by atoms with van der Waals surface area (Å²) in [5.41, 5.74) is 0.354. The van der Waals surface area contributed by atoms with Gasteiger partial charge < -0.3 is 4.74 Å². The van der Waals surface area contributed by atoms with Crippen LogP contribution in [0, 0.1) is 11.3 Å². The molecular weight excluding hydrogens is 335 g/mol. The summed E-state index contributed by atoms with van der Waals surface area (Å²) in [5, 5.41) is 10.5. The summed E-state index contributed by atoms with van der Waals surface area (Å²) in [5.74, 6) is 0.101. The Bertz CT molecular complexity index is 634. The number of likely N-dealkylation sites (tertiary alicyclic amines) is 1. The number of rotatable bonds is 1. The maximum Gasteiger partial charge on any atom is 0.411 e. The van der Waals surface area contributed by atoms with Crippen molar-refractivity contribution in [2.45, 2.75) is 51.2 Å². The molecule has 1 heterocycles. The Balaban J connectivity index is 2.15. The second kappa shape index (κ2) is 6.98. The molecule has 124 valence electrons. The molecule has 1 aliphatic heterocycles. The van der Waals surface area contributed by atoms with Crippen molar-refractivity contribution in [3.05, 3.63) is 33.8 Å². The number of ether oxygens (including phenoxy) is 1. The van der Waals surface area contributed by atoms with Crippen molar-refractivity contribution in [3.63, 3.8) is 0 Å². The van der Waals surface area contributed by atoms with Crippen LogP contribution in [0.1, 0.15) is 45.1 Å². The largest absolute Gasteiger partial charge is 0.444 e. The zero-order chi connectivity index (χ0) is 17.2. The zero-order valence-electron chi connectivity index (χ0n) is 13.5. The molecular formula is C17H20Cl2N2O2. The van der Waals surface area contributed by atoms with E-state index in [2.05, 4.69) is 6.07 Å². The van der Waals surface area contributed by atoms with E-state index in [1.807, 2.05) is 32.9 Å². The summed E-state index contributed by atoms with van der Waals surface area (Å²) < 4.78 is 5.38. The molecule has 0 saturated carbocycles. The number of carbonyl (C=O) groups is 1. The van der Waals surface area contributed by atoms with E-state index in [0.717, 1.165) is 12.0 Å². The van der Waals surface area contributed by atoms with Crippen LogP contribution in [-0.2, 0) is 4.74 Å². The lowest BCUT2D eigenvalue weighted by molar-refractivity contribution is 0.0142. The minimum absolute atomic E-state index is 0.101. The Hall–Kier alpha value is -1.44. The van der Waals surface area contributed by atoms with Gasteiger partial charge in [-0.1, -0.05) is 35.3 Å². The molecule has 0 aliphatic carbocycles. The highest BCUT2D eigenvalue weighted by Gasteiger charge is 2.35. The highest BCUT2D eigenvalue weighted by Crippen LogP contribution is 2.38. The normalized spacial score (nSPS) is 21.7. The summed E-state index contributed by atoms with van der Waals surface area (Å²) >= 11 is 12.4. The first-order chi connectivity index (χ1) is 10.7. The van der Waals surface area contributed by atoms with Crippen molar-refractivity contribution in [2.75, 3.05) is 6.54 Å². The fraction of sp³-hybridized carbons (Fsp3) is 0.529. The van der Waals surface area contributed by atoms with Crippen LogP contribution in [0.3, 0.4) is 0 Å². The maximum absolute atomic E-state index is 12.3. The molecule has 1 fully saturated rings. The molecule has 4 nitrogen and oxygen atoms in total. The molecule has 1 amide bonds. The van der Waals surface area contributed by atoms with Gasteiger partial charge in [0.2, 0.25) is 0 Å². The fourth-order valence-corrected chi connectivity index (χ4v) is 3.21. The lowest BCUT2D eigenvalue weighted by atomic mass is 9.86. The van der Waals surface area contributed by atoms with Gasteiger partial charge in [-0.2, -0.15) is 5.26 Å². The number of hydrogen-bond donors (Lipinski definition) is 0. The molecule has 1 saturated heterocycles.